The molecule has 3 rings (SSSR count). The molecule has 0 aromatic carbocycles. The highest BCUT2D eigenvalue weighted by atomic mass is 16.5. The zero-order chi connectivity index (χ0) is 13.1. The molecular formula is C15H24N2O2. The number of furan rings is 1. The second-order valence-electron chi connectivity index (χ2n) is 5.66. The van der Waals surface area contributed by atoms with E-state index in [2.05, 4.69) is 23.2 Å². The maximum absolute atomic E-state index is 5.71. The molecule has 4 heteroatoms. The highest BCUT2D eigenvalue weighted by Crippen LogP contribution is 2.21. The Kier molecular flexibility index (Phi) is 4.21. The first kappa shape index (κ1) is 13.2. The van der Waals surface area contributed by atoms with Crippen LogP contribution in [0.25, 0.3) is 0 Å². The lowest BCUT2D eigenvalue weighted by atomic mass is 10.2. The van der Waals surface area contributed by atoms with Crippen molar-refractivity contribution in [3.63, 3.8) is 0 Å². The van der Waals surface area contributed by atoms with Crippen molar-refractivity contribution in [1.82, 2.24) is 10.2 Å². The zero-order valence-corrected chi connectivity index (χ0v) is 11.7. The zero-order valence-electron chi connectivity index (χ0n) is 11.7. The average Bonchev–Trinajstić information content (AvgIpc) is 3.17. The lowest BCUT2D eigenvalue weighted by Gasteiger charge is -2.32. The smallest absolute Gasteiger partial charge is 0.122 e. The molecule has 0 spiro atoms. The summed E-state index contributed by atoms with van der Waals surface area (Å²) in [4.78, 5) is 2.44. The van der Waals surface area contributed by atoms with Crippen LogP contribution in [0, 0.1) is 0 Å². The van der Waals surface area contributed by atoms with E-state index >= 15 is 0 Å². The molecule has 19 heavy (non-hydrogen) atoms. The van der Waals surface area contributed by atoms with Gasteiger partial charge in [-0.25, -0.2) is 0 Å². The molecule has 106 valence electrons. The van der Waals surface area contributed by atoms with E-state index in [1.165, 1.54) is 18.4 Å². The maximum Gasteiger partial charge on any atom is 0.122 e. The fraction of sp³-hybridized carbons (Fsp3) is 0.733. The summed E-state index contributed by atoms with van der Waals surface area (Å²) in [5, 5.41) is 3.55. The summed E-state index contributed by atoms with van der Waals surface area (Å²) < 4.78 is 11.4. The molecule has 0 radical (unpaired) electrons. The maximum atomic E-state index is 5.71. The third-order valence-corrected chi connectivity index (χ3v) is 4.04. The van der Waals surface area contributed by atoms with Crippen molar-refractivity contribution in [1.29, 1.82) is 0 Å². The van der Waals surface area contributed by atoms with Crippen LogP contribution in [-0.2, 0) is 17.8 Å². The van der Waals surface area contributed by atoms with Crippen LogP contribution >= 0.6 is 0 Å². The third kappa shape index (κ3) is 3.59. The average molecular weight is 264 g/mol. The predicted molar refractivity (Wildman–Crippen MR) is 73.9 cm³/mol. The van der Waals surface area contributed by atoms with Gasteiger partial charge >= 0.3 is 0 Å². The van der Waals surface area contributed by atoms with Crippen molar-refractivity contribution in [3.05, 3.63) is 23.7 Å². The summed E-state index contributed by atoms with van der Waals surface area (Å²) in [6, 6.07) is 2.85. The Morgan fingerprint density at radius 3 is 3.11 bits per heavy atom. The fourth-order valence-electron chi connectivity index (χ4n) is 2.58. The molecule has 4 nitrogen and oxygen atoms in total. The number of hydrogen-bond donors (Lipinski definition) is 1. The van der Waals surface area contributed by atoms with Crippen molar-refractivity contribution >= 4 is 0 Å². The Bertz CT molecular complexity index is 401. The summed E-state index contributed by atoms with van der Waals surface area (Å²) in [6.45, 7) is 6.91. The Morgan fingerprint density at radius 1 is 1.42 bits per heavy atom. The minimum atomic E-state index is 0.386. The van der Waals surface area contributed by atoms with Gasteiger partial charge in [-0.3, -0.25) is 4.90 Å². The standard InChI is InChI=1S/C15H24N2O2/c1-2-14-10-17(6-8-18-14)11-15-12(5-7-19-15)9-16-13-3-4-13/h5,7,13-14,16H,2-4,6,8-11H2,1H3. The number of rotatable bonds is 6. The van der Waals surface area contributed by atoms with E-state index in [0.717, 1.165) is 51.0 Å². The van der Waals surface area contributed by atoms with Crippen LogP contribution in [0.3, 0.4) is 0 Å². The molecule has 1 N–H and O–H groups in total. The van der Waals surface area contributed by atoms with Crippen LogP contribution in [0.1, 0.15) is 37.5 Å². The summed E-state index contributed by atoms with van der Waals surface area (Å²) >= 11 is 0. The first-order valence-corrected chi connectivity index (χ1v) is 7.47. The second kappa shape index (κ2) is 6.07. The Labute approximate surface area is 115 Å². The van der Waals surface area contributed by atoms with Gasteiger partial charge in [0.2, 0.25) is 0 Å². The van der Waals surface area contributed by atoms with Crippen LogP contribution in [-0.4, -0.2) is 36.7 Å². The van der Waals surface area contributed by atoms with Crippen LogP contribution in [0.4, 0.5) is 0 Å². The lowest BCUT2D eigenvalue weighted by Crippen LogP contribution is -2.41. The lowest BCUT2D eigenvalue weighted by molar-refractivity contribution is -0.0343. The van der Waals surface area contributed by atoms with Gasteiger partial charge in [-0.15, -0.1) is 0 Å². The van der Waals surface area contributed by atoms with Gasteiger partial charge < -0.3 is 14.5 Å². The van der Waals surface area contributed by atoms with Gasteiger partial charge in [0.25, 0.3) is 0 Å². The topological polar surface area (TPSA) is 37.6 Å². The van der Waals surface area contributed by atoms with Crippen LogP contribution < -0.4 is 5.32 Å². The Balaban J connectivity index is 1.54. The van der Waals surface area contributed by atoms with E-state index in [1.807, 2.05) is 6.26 Å². The Morgan fingerprint density at radius 2 is 2.32 bits per heavy atom. The largest absolute Gasteiger partial charge is 0.468 e. The van der Waals surface area contributed by atoms with Crippen LogP contribution in [0.5, 0.6) is 0 Å². The quantitative estimate of drug-likeness (QED) is 0.854. The first-order chi connectivity index (χ1) is 9.35. The van der Waals surface area contributed by atoms with E-state index in [0.29, 0.717) is 6.10 Å². The third-order valence-electron chi connectivity index (χ3n) is 4.04. The molecule has 1 aromatic heterocycles. The molecule has 1 aliphatic heterocycles. The summed E-state index contributed by atoms with van der Waals surface area (Å²) in [7, 11) is 0. The van der Waals surface area contributed by atoms with Crippen molar-refractivity contribution in [2.75, 3.05) is 19.7 Å². The molecule has 1 atom stereocenters. The Hall–Kier alpha value is -0.840. The molecule has 1 aliphatic carbocycles. The molecule has 0 amide bonds. The highest BCUT2D eigenvalue weighted by molar-refractivity contribution is 5.17. The van der Waals surface area contributed by atoms with Gasteiger partial charge in [0.05, 0.1) is 25.5 Å². The van der Waals surface area contributed by atoms with Crippen LogP contribution in [0.15, 0.2) is 16.7 Å². The van der Waals surface area contributed by atoms with Gasteiger partial charge in [0, 0.05) is 31.2 Å². The summed E-state index contributed by atoms with van der Waals surface area (Å²) in [5.41, 5.74) is 1.31. The van der Waals surface area contributed by atoms with E-state index in [1.54, 1.807) is 0 Å². The minimum absolute atomic E-state index is 0.386. The molecule has 1 aromatic rings. The number of morpholine rings is 1. The monoisotopic (exact) mass is 264 g/mol. The number of ether oxygens (including phenoxy) is 1. The van der Waals surface area contributed by atoms with E-state index < -0.39 is 0 Å². The van der Waals surface area contributed by atoms with Crippen molar-refractivity contribution in [2.45, 2.75) is 51.4 Å². The second-order valence-corrected chi connectivity index (χ2v) is 5.66. The summed E-state index contributed by atoms with van der Waals surface area (Å²) in [5.74, 6) is 1.12. The number of nitrogens with one attached hydrogen (secondary N) is 1. The van der Waals surface area contributed by atoms with Gasteiger partial charge in [0.1, 0.15) is 5.76 Å². The predicted octanol–water partition coefficient (Wildman–Crippen LogP) is 2.14. The van der Waals surface area contributed by atoms with E-state index in [4.69, 9.17) is 9.15 Å². The van der Waals surface area contributed by atoms with E-state index in [-0.39, 0.29) is 0 Å². The minimum Gasteiger partial charge on any atom is -0.468 e. The summed E-state index contributed by atoms with van der Waals surface area (Å²) in [6.07, 6.45) is 5.95. The molecule has 1 unspecified atom stereocenters. The normalized spacial score (nSPS) is 24.8. The SMILES string of the molecule is CCC1CN(Cc2occc2CNC2CC2)CCO1. The highest BCUT2D eigenvalue weighted by Gasteiger charge is 2.23. The molecular weight excluding hydrogens is 240 g/mol. The fourth-order valence-corrected chi connectivity index (χ4v) is 2.58. The molecule has 0 bridgehead atoms. The number of hydrogen-bond acceptors (Lipinski definition) is 4. The van der Waals surface area contributed by atoms with Crippen molar-refractivity contribution < 1.29 is 9.15 Å². The van der Waals surface area contributed by atoms with E-state index in [9.17, 15) is 0 Å². The van der Waals surface area contributed by atoms with Crippen molar-refractivity contribution in [3.8, 4) is 0 Å². The van der Waals surface area contributed by atoms with Gasteiger partial charge in [0.15, 0.2) is 0 Å². The first-order valence-electron chi connectivity index (χ1n) is 7.47. The molecule has 1 saturated carbocycles. The van der Waals surface area contributed by atoms with Gasteiger partial charge in [-0.1, -0.05) is 6.92 Å². The number of nitrogens with zero attached hydrogens (tertiary/aromatic N) is 1. The van der Waals surface area contributed by atoms with Gasteiger partial charge in [-0.05, 0) is 25.3 Å². The van der Waals surface area contributed by atoms with Gasteiger partial charge in [-0.2, -0.15) is 0 Å². The molecule has 1 saturated heterocycles. The van der Waals surface area contributed by atoms with Crippen LogP contribution in [0.2, 0.25) is 0 Å². The molecule has 2 aliphatic rings. The molecule has 2 fully saturated rings. The van der Waals surface area contributed by atoms with Crippen molar-refractivity contribution in [2.24, 2.45) is 0 Å². The molecule has 2 heterocycles.